The fourth-order valence-corrected chi connectivity index (χ4v) is 9.26. The van der Waals surface area contributed by atoms with Gasteiger partial charge in [0.2, 0.25) is 5.91 Å². The third kappa shape index (κ3) is 55.5. The summed E-state index contributed by atoms with van der Waals surface area (Å²) in [7, 11) is 1.56. The molecule has 0 fully saturated rings. The Labute approximate surface area is 440 Å². The van der Waals surface area contributed by atoms with E-state index in [1.165, 1.54) is 180 Å². The Balaban J connectivity index is 4.07. The van der Waals surface area contributed by atoms with Crippen molar-refractivity contribution < 1.29 is 32.9 Å². The maximum atomic E-state index is 13.0. The van der Waals surface area contributed by atoms with Crippen molar-refractivity contribution in [2.45, 2.75) is 276 Å². The van der Waals surface area contributed by atoms with Crippen LogP contribution in [0.25, 0.3) is 0 Å². The number of allylic oxidation sites excluding steroid dienone is 11. The van der Waals surface area contributed by atoms with E-state index >= 15 is 0 Å². The second-order valence-corrected chi connectivity index (χ2v) is 22.8. The summed E-state index contributed by atoms with van der Waals surface area (Å²) in [5.74, 6) is -0.185. The largest absolute Gasteiger partial charge is 0.472 e. The molecule has 0 aliphatic heterocycles. The summed E-state index contributed by atoms with van der Waals surface area (Å²) in [4.78, 5) is 23.3. The fraction of sp³-hybridized carbons (Fsp3) is 0.790. The monoisotopic (exact) mass is 1020 g/mol. The lowest BCUT2D eigenvalue weighted by atomic mass is 10.0. The molecule has 0 spiro atoms. The maximum Gasteiger partial charge on any atom is 0.472 e. The van der Waals surface area contributed by atoms with E-state index in [-0.39, 0.29) is 19.1 Å². The van der Waals surface area contributed by atoms with Gasteiger partial charge in [-0.25, -0.2) is 4.57 Å². The van der Waals surface area contributed by atoms with Crippen molar-refractivity contribution >= 4 is 13.7 Å². The SMILES string of the molecule is CC/C=C\C/C=C\C/C=C\C/C=C\CCCCCCCCCCCCCCCCCCCCCCC(=O)NC(COP(=O)(O)OCC[N+](C)(C)C)C(O)/C=C/CC/C=C/CCCCCCCCCCCC. The molecule has 8 nitrogen and oxygen atoms in total. The molecule has 3 unspecified atom stereocenters. The minimum Gasteiger partial charge on any atom is -0.387 e. The molecule has 0 aromatic heterocycles. The number of carbonyl (C=O) groups is 1. The van der Waals surface area contributed by atoms with E-state index in [0.29, 0.717) is 17.4 Å². The number of amides is 1. The van der Waals surface area contributed by atoms with E-state index in [2.05, 4.69) is 79.9 Å². The first-order valence-electron chi connectivity index (χ1n) is 29.8. The summed E-state index contributed by atoms with van der Waals surface area (Å²) >= 11 is 0. The maximum absolute atomic E-state index is 13.0. The zero-order chi connectivity index (χ0) is 52.0. The third-order valence-corrected chi connectivity index (χ3v) is 14.1. The fourth-order valence-electron chi connectivity index (χ4n) is 8.52. The summed E-state index contributed by atoms with van der Waals surface area (Å²) in [6, 6.07) is -0.864. The van der Waals surface area contributed by atoms with Crippen LogP contribution in [0.4, 0.5) is 0 Å². The molecule has 0 aliphatic rings. The summed E-state index contributed by atoms with van der Waals surface area (Å²) in [6.07, 6.45) is 73.1. The van der Waals surface area contributed by atoms with Crippen LogP contribution < -0.4 is 5.32 Å². The van der Waals surface area contributed by atoms with Crippen LogP contribution in [0.3, 0.4) is 0 Å². The summed E-state index contributed by atoms with van der Waals surface area (Å²) in [6.45, 7) is 4.70. The molecule has 0 aromatic rings. The Bertz CT molecular complexity index is 1380. The van der Waals surface area contributed by atoms with Crippen LogP contribution >= 0.6 is 7.82 Å². The van der Waals surface area contributed by atoms with Gasteiger partial charge < -0.3 is 19.8 Å². The highest BCUT2D eigenvalue weighted by Gasteiger charge is 2.27. The number of phosphoric acid groups is 1. The molecule has 71 heavy (non-hydrogen) atoms. The van der Waals surface area contributed by atoms with Gasteiger partial charge in [0.15, 0.2) is 0 Å². The average molecular weight is 1020 g/mol. The molecule has 0 radical (unpaired) electrons. The van der Waals surface area contributed by atoms with Gasteiger partial charge in [-0.2, -0.15) is 0 Å². The molecule has 414 valence electrons. The molecule has 0 aromatic carbocycles. The number of phosphoric ester groups is 1. The molecular weight excluding hydrogens is 900 g/mol. The number of nitrogens with one attached hydrogen (secondary N) is 1. The van der Waals surface area contributed by atoms with Crippen LogP contribution in [0.5, 0.6) is 0 Å². The summed E-state index contributed by atoms with van der Waals surface area (Å²) in [5, 5.41) is 13.9. The number of hydrogen-bond acceptors (Lipinski definition) is 5. The topological polar surface area (TPSA) is 105 Å². The zero-order valence-electron chi connectivity index (χ0n) is 47.2. The lowest BCUT2D eigenvalue weighted by Crippen LogP contribution is -2.45. The van der Waals surface area contributed by atoms with E-state index in [9.17, 15) is 19.4 Å². The minimum absolute atomic E-state index is 0.0556. The Hall–Kier alpha value is -2.06. The van der Waals surface area contributed by atoms with Gasteiger partial charge in [0, 0.05) is 6.42 Å². The second kappa shape index (κ2) is 52.8. The third-order valence-electron chi connectivity index (χ3n) is 13.2. The molecule has 0 saturated carbocycles. The van der Waals surface area contributed by atoms with Gasteiger partial charge in [-0.15, -0.1) is 0 Å². The van der Waals surface area contributed by atoms with E-state index in [1.54, 1.807) is 6.08 Å². The Kier molecular flexibility index (Phi) is 51.3. The molecule has 1 amide bonds. The van der Waals surface area contributed by atoms with Crippen molar-refractivity contribution in [3.8, 4) is 0 Å². The number of nitrogens with zero attached hydrogens (tertiary/aromatic N) is 1. The number of unbranched alkanes of at least 4 members (excludes halogenated alkanes) is 31. The van der Waals surface area contributed by atoms with Crippen molar-refractivity contribution in [3.63, 3.8) is 0 Å². The highest BCUT2D eigenvalue weighted by atomic mass is 31.2. The number of aliphatic hydroxyl groups excluding tert-OH is 1. The molecule has 3 atom stereocenters. The molecule has 3 N–H and O–H groups in total. The highest BCUT2D eigenvalue weighted by Crippen LogP contribution is 2.43. The van der Waals surface area contributed by atoms with Crippen LogP contribution in [0.15, 0.2) is 72.9 Å². The van der Waals surface area contributed by atoms with Crippen LogP contribution in [0.2, 0.25) is 0 Å². The first-order valence-corrected chi connectivity index (χ1v) is 31.3. The second-order valence-electron chi connectivity index (χ2n) is 21.3. The van der Waals surface area contributed by atoms with Crippen molar-refractivity contribution in [1.82, 2.24) is 5.32 Å². The van der Waals surface area contributed by atoms with Crippen LogP contribution in [0.1, 0.15) is 264 Å². The lowest BCUT2D eigenvalue weighted by molar-refractivity contribution is -0.870. The smallest absolute Gasteiger partial charge is 0.387 e. The van der Waals surface area contributed by atoms with Gasteiger partial charge in [-0.3, -0.25) is 13.8 Å². The van der Waals surface area contributed by atoms with Crippen LogP contribution in [0, 0.1) is 0 Å². The first kappa shape index (κ1) is 68.9. The normalized spacial score (nSPS) is 14.4. The van der Waals surface area contributed by atoms with Gasteiger partial charge in [-0.05, 0) is 70.6 Å². The molecule has 0 rings (SSSR count). The van der Waals surface area contributed by atoms with Gasteiger partial charge in [-0.1, -0.05) is 260 Å². The quantitative estimate of drug-likeness (QED) is 0.0243. The highest BCUT2D eigenvalue weighted by molar-refractivity contribution is 7.47. The Morgan fingerprint density at radius 3 is 1.30 bits per heavy atom. The number of hydrogen-bond donors (Lipinski definition) is 3. The van der Waals surface area contributed by atoms with E-state index in [0.717, 1.165) is 64.2 Å². The lowest BCUT2D eigenvalue weighted by Gasteiger charge is -2.25. The number of likely N-dealkylation sites (N-methyl/N-ethyl adjacent to an activating group) is 1. The number of aliphatic hydroxyl groups is 1. The van der Waals surface area contributed by atoms with E-state index in [4.69, 9.17) is 9.05 Å². The molecule has 9 heteroatoms. The predicted molar refractivity (Wildman–Crippen MR) is 309 cm³/mol. The van der Waals surface area contributed by atoms with Crippen LogP contribution in [-0.4, -0.2) is 73.4 Å². The number of carbonyl (C=O) groups excluding carboxylic acids is 1. The minimum atomic E-state index is -4.35. The van der Waals surface area contributed by atoms with E-state index in [1.807, 2.05) is 27.2 Å². The molecular formula is C62H116N2O6P+. The van der Waals surface area contributed by atoms with Gasteiger partial charge >= 0.3 is 7.82 Å². The molecule has 0 aliphatic carbocycles. The molecule has 0 saturated heterocycles. The average Bonchev–Trinajstić information content (AvgIpc) is 3.33. The number of rotatable bonds is 54. The molecule has 0 heterocycles. The van der Waals surface area contributed by atoms with Crippen molar-refractivity contribution in [2.75, 3.05) is 40.9 Å². The standard InChI is InChI=1S/C62H115N2O6P/c1-6-8-10-12-14-16-18-20-22-24-25-26-27-28-29-30-31-32-33-34-35-36-37-38-39-40-42-44-46-48-50-52-54-56-62(66)63-60(59-70-71(67,68)69-58-57-64(3,4)5)61(65)55-53-51-49-47-45-43-41-23-21-19-17-15-13-11-9-7-2/h8,10,14,16,20,22,25-26,45,47,53,55,60-61,65H,6-7,9,11-13,15,17-19,21,23-24,27-44,46,48-52,54,56-59H2,1-5H3,(H-,63,66,67,68)/p+1/b10-8-,16-14-,22-20-,26-25-,47-45+,55-53+. The predicted octanol–water partition coefficient (Wildman–Crippen LogP) is 18.3. The number of quaternary nitrogens is 1. The molecule has 0 bridgehead atoms. The van der Waals surface area contributed by atoms with Crippen LogP contribution in [-0.2, 0) is 18.4 Å². The first-order chi connectivity index (χ1) is 34.5. The summed E-state index contributed by atoms with van der Waals surface area (Å²) in [5.41, 5.74) is 0. The van der Waals surface area contributed by atoms with Gasteiger partial charge in [0.25, 0.3) is 0 Å². The van der Waals surface area contributed by atoms with Gasteiger partial charge in [0.05, 0.1) is 39.9 Å². The van der Waals surface area contributed by atoms with Crippen molar-refractivity contribution in [1.29, 1.82) is 0 Å². The summed E-state index contributed by atoms with van der Waals surface area (Å²) < 4.78 is 23.7. The Morgan fingerprint density at radius 2 is 0.859 bits per heavy atom. The Morgan fingerprint density at radius 1 is 0.493 bits per heavy atom. The van der Waals surface area contributed by atoms with Crippen molar-refractivity contribution in [3.05, 3.63) is 72.9 Å². The zero-order valence-corrected chi connectivity index (χ0v) is 48.1. The van der Waals surface area contributed by atoms with E-state index < -0.39 is 20.0 Å². The van der Waals surface area contributed by atoms with Gasteiger partial charge in [0.1, 0.15) is 13.2 Å². The van der Waals surface area contributed by atoms with Crippen molar-refractivity contribution in [2.24, 2.45) is 0 Å².